The summed E-state index contributed by atoms with van der Waals surface area (Å²) < 4.78 is 5.13. The number of rotatable bonds is 8. The minimum absolute atomic E-state index is 0.171. The molecule has 1 N–H and O–H groups in total. The Morgan fingerprint density at radius 2 is 1.84 bits per heavy atom. The second kappa shape index (κ2) is 7.97. The number of hydrogen-bond donors (Lipinski definition) is 1. The number of allylic oxidation sites excluding steroid dienone is 1. The van der Waals surface area contributed by atoms with E-state index in [0.29, 0.717) is 19.3 Å². The van der Waals surface area contributed by atoms with E-state index in [1.54, 1.807) is 13.0 Å². The molecule has 1 atom stereocenters. The minimum Gasteiger partial charge on any atom is -0.478 e. The quantitative estimate of drug-likeness (QED) is 0.542. The zero-order valence-corrected chi connectivity index (χ0v) is 12.7. The largest absolute Gasteiger partial charge is 0.478 e. The summed E-state index contributed by atoms with van der Waals surface area (Å²) in [5, 5.41) is 9.43. The van der Waals surface area contributed by atoms with Crippen molar-refractivity contribution in [2.45, 2.75) is 53.9 Å². The molecule has 0 aromatic rings. The van der Waals surface area contributed by atoms with Crippen molar-refractivity contribution in [2.24, 2.45) is 11.3 Å². The van der Waals surface area contributed by atoms with Crippen LogP contribution < -0.4 is 0 Å². The molecule has 0 spiro atoms. The number of carbonyl (C=O) groups excluding carboxylic acids is 1. The summed E-state index contributed by atoms with van der Waals surface area (Å²) in [6.07, 6.45) is 3.13. The smallest absolute Gasteiger partial charge is 0.332 e. The highest BCUT2D eigenvalue weighted by Gasteiger charge is 2.45. The van der Waals surface area contributed by atoms with Crippen molar-refractivity contribution >= 4 is 11.9 Å². The number of aliphatic carboxylic acids is 1. The first-order valence-corrected chi connectivity index (χ1v) is 6.96. The maximum atomic E-state index is 12.3. The molecule has 0 aromatic heterocycles. The molecular weight excluding hydrogens is 244 g/mol. The fourth-order valence-corrected chi connectivity index (χ4v) is 2.44. The van der Waals surface area contributed by atoms with Gasteiger partial charge in [-0.1, -0.05) is 33.8 Å². The Kier molecular flexibility index (Phi) is 7.42. The number of carboxylic acid groups (broad SMARTS) is 1. The van der Waals surface area contributed by atoms with Crippen LogP contribution in [0.15, 0.2) is 11.6 Å². The van der Waals surface area contributed by atoms with Gasteiger partial charge in [0.05, 0.1) is 17.6 Å². The Labute approximate surface area is 115 Å². The lowest BCUT2D eigenvalue weighted by atomic mass is 9.71. The van der Waals surface area contributed by atoms with Gasteiger partial charge in [0.2, 0.25) is 0 Å². The Hall–Kier alpha value is -1.32. The first-order chi connectivity index (χ1) is 8.85. The van der Waals surface area contributed by atoms with E-state index < -0.39 is 17.4 Å². The Morgan fingerprint density at radius 3 is 2.16 bits per heavy atom. The normalized spacial score (nSPS) is 15.2. The molecule has 0 heterocycles. The van der Waals surface area contributed by atoms with Gasteiger partial charge >= 0.3 is 11.9 Å². The molecule has 4 heteroatoms. The van der Waals surface area contributed by atoms with Crippen LogP contribution in [0.25, 0.3) is 0 Å². The van der Waals surface area contributed by atoms with Gasteiger partial charge in [-0.3, -0.25) is 4.79 Å². The van der Waals surface area contributed by atoms with Crippen LogP contribution in [0.2, 0.25) is 0 Å². The number of carboxylic acids is 1. The molecule has 0 amide bonds. The van der Waals surface area contributed by atoms with Gasteiger partial charge in [0.15, 0.2) is 0 Å². The van der Waals surface area contributed by atoms with Gasteiger partial charge in [-0.15, -0.1) is 0 Å². The zero-order valence-electron chi connectivity index (χ0n) is 12.7. The molecule has 0 aromatic carbocycles. The SMILES string of the molecule is CCC=C(C(=O)O)C(CC)(CC(C)C)C(=O)OCC. The molecule has 0 saturated carbocycles. The lowest BCUT2D eigenvalue weighted by Crippen LogP contribution is -2.38. The van der Waals surface area contributed by atoms with Crippen molar-refractivity contribution in [3.63, 3.8) is 0 Å². The van der Waals surface area contributed by atoms with Crippen molar-refractivity contribution in [1.82, 2.24) is 0 Å². The van der Waals surface area contributed by atoms with E-state index in [9.17, 15) is 14.7 Å². The third kappa shape index (κ3) is 4.37. The van der Waals surface area contributed by atoms with Gasteiger partial charge in [-0.2, -0.15) is 0 Å². The maximum Gasteiger partial charge on any atom is 0.332 e. The van der Waals surface area contributed by atoms with Crippen LogP contribution in [0.4, 0.5) is 0 Å². The first kappa shape index (κ1) is 17.7. The van der Waals surface area contributed by atoms with Gasteiger partial charge in [0, 0.05) is 0 Å². The van der Waals surface area contributed by atoms with Crippen LogP contribution in [0.1, 0.15) is 53.9 Å². The highest BCUT2D eigenvalue weighted by Crippen LogP contribution is 2.40. The van der Waals surface area contributed by atoms with Gasteiger partial charge in [-0.05, 0) is 32.1 Å². The average molecular weight is 270 g/mol. The molecule has 0 aliphatic rings. The zero-order chi connectivity index (χ0) is 15.1. The minimum atomic E-state index is -1.04. The summed E-state index contributed by atoms with van der Waals surface area (Å²) in [4.78, 5) is 23.8. The molecule has 19 heavy (non-hydrogen) atoms. The van der Waals surface area contributed by atoms with Crippen molar-refractivity contribution in [1.29, 1.82) is 0 Å². The van der Waals surface area contributed by atoms with E-state index >= 15 is 0 Å². The van der Waals surface area contributed by atoms with Crippen LogP contribution >= 0.6 is 0 Å². The maximum absolute atomic E-state index is 12.3. The van der Waals surface area contributed by atoms with Crippen molar-refractivity contribution in [2.75, 3.05) is 6.61 Å². The van der Waals surface area contributed by atoms with Crippen LogP contribution in [0, 0.1) is 11.3 Å². The first-order valence-electron chi connectivity index (χ1n) is 6.96. The predicted octanol–water partition coefficient (Wildman–Crippen LogP) is 3.41. The Bertz CT molecular complexity index is 344. The molecule has 0 bridgehead atoms. The number of ether oxygens (including phenoxy) is 1. The Morgan fingerprint density at radius 1 is 1.26 bits per heavy atom. The fourth-order valence-electron chi connectivity index (χ4n) is 2.44. The summed E-state index contributed by atoms with van der Waals surface area (Å²) in [6.45, 7) is 9.66. The van der Waals surface area contributed by atoms with Crippen LogP contribution in [-0.2, 0) is 14.3 Å². The summed E-state index contributed by atoms with van der Waals surface area (Å²) >= 11 is 0. The van der Waals surface area contributed by atoms with Crippen LogP contribution in [-0.4, -0.2) is 23.7 Å². The van der Waals surface area contributed by atoms with Crippen LogP contribution in [0.5, 0.6) is 0 Å². The molecule has 0 aliphatic heterocycles. The number of hydrogen-bond acceptors (Lipinski definition) is 3. The third-order valence-electron chi connectivity index (χ3n) is 3.18. The van der Waals surface area contributed by atoms with Gasteiger partial charge < -0.3 is 9.84 Å². The van der Waals surface area contributed by atoms with Crippen molar-refractivity contribution in [3.05, 3.63) is 11.6 Å². The van der Waals surface area contributed by atoms with Crippen LogP contribution in [0.3, 0.4) is 0 Å². The van der Waals surface area contributed by atoms with Gasteiger partial charge in [0.1, 0.15) is 0 Å². The van der Waals surface area contributed by atoms with E-state index in [1.807, 2.05) is 27.7 Å². The standard InChI is InChI=1S/C15H26O4/c1-6-9-12(13(16)17)15(7-2,10-11(4)5)14(18)19-8-3/h9,11H,6-8,10H2,1-5H3,(H,16,17). The van der Waals surface area contributed by atoms with E-state index in [1.165, 1.54) is 0 Å². The molecular formula is C15H26O4. The molecule has 4 nitrogen and oxygen atoms in total. The molecule has 110 valence electrons. The lowest BCUT2D eigenvalue weighted by Gasteiger charge is -2.32. The molecule has 1 unspecified atom stereocenters. The van der Waals surface area contributed by atoms with Crippen molar-refractivity contribution in [3.8, 4) is 0 Å². The molecule has 0 saturated heterocycles. The van der Waals surface area contributed by atoms with E-state index in [2.05, 4.69) is 0 Å². The fraction of sp³-hybridized carbons (Fsp3) is 0.733. The Balaban J connectivity index is 5.74. The average Bonchev–Trinajstić information content (AvgIpc) is 2.33. The third-order valence-corrected chi connectivity index (χ3v) is 3.18. The van der Waals surface area contributed by atoms with E-state index in [-0.39, 0.29) is 18.1 Å². The van der Waals surface area contributed by atoms with E-state index in [0.717, 1.165) is 0 Å². The molecule has 0 radical (unpaired) electrons. The molecule has 0 fully saturated rings. The summed E-state index contributed by atoms with van der Waals surface area (Å²) in [7, 11) is 0. The summed E-state index contributed by atoms with van der Waals surface area (Å²) in [5.41, 5.74) is -0.865. The predicted molar refractivity (Wildman–Crippen MR) is 74.8 cm³/mol. The number of carbonyl (C=O) groups is 2. The highest BCUT2D eigenvalue weighted by atomic mass is 16.5. The molecule has 0 rings (SSSR count). The topological polar surface area (TPSA) is 63.6 Å². The van der Waals surface area contributed by atoms with Gasteiger partial charge in [0.25, 0.3) is 0 Å². The summed E-state index contributed by atoms with van der Waals surface area (Å²) in [6, 6.07) is 0. The second-order valence-electron chi connectivity index (χ2n) is 5.09. The molecule has 0 aliphatic carbocycles. The van der Waals surface area contributed by atoms with Crippen molar-refractivity contribution < 1.29 is 19.4 Å². The van der Waals surface area contributed by atoms with E-state index in [4.69, 9.17) is 4.74 Å². The second-order valence-corrected chi connectivity index (χ2v) is 5.09. The monoisotopic (exact) mass is 270 g/mol. The summed E-state index contributed by atoms with van der Waals surface area (Å²) in [5.74, 6) is -1.24. The number of esters is 1. The highest BCUT2D eigenvalue weighted by molar-refractivity contribution is 5.97. The van der Waals surface area contributed by atoms with Gasteiger partial charge in [-0.25, -0.2) is 4.79 Å². The lowest BCUT2D eigenvalue weighted by molar-refractivity contribution is -0.156.